The molecule has 0 aliphatic carbocycles. The molecule has 0 atom stereocenters. The summed E-state index contributed by atoms with van der Waals surface area (Å²) in [6.07, 6.45) is 0.961. The van der Waals surface area contributed by atoms with Crippen LogP contribution in [0.2, 0.25) is 0 Å². The van der Waals surface area contributed by atoms with E-state index >= 15 is 0 Å². The Bertz CT molecular complexity index is 1130. The third-order valence-corrected chi connectivity index (χ3v) is 6.16. The van der Waals surface area contributed by atoms with E-state index in [1.54, 1.807) is 12.1 Å². The van der Waals surface area contributed by atoms with Gasteiger partial charge in [-0.05, 0) is 47.9 Å². The number of hydrogen-bond acceptors (Lipinski definition) is 4. The van der Waals surface area contributed by atoms with E-state index < -0.39 is 0 Å². The van der Waals surface area contributed by atoms with Crippen LogP contribution in [0.15, 0.2) is 48.5 Å². The molecule has 5 nitrogen and oxygen atoms in total. The van der Waals surface area contributed by atoms with E-state index in [-0.39, 0.29) is 0 Å². The first kappa shape index (κ1) is 19.4. The van der Waals surface area contributed by atoms with Gasteiger partial charge in [0.15, 0.2) is 0 Å². The van der Waals surface area contributed by atoms with Crippen molar-refractivity contribution in [2.24, 2.45) is 0 Å². The number of benzene rings is 1. The lowest BCUT2D eigenvalue weighted by atomic mass is 9.99. The molecule has 5 heteroatoms. The highest BCUT2D eigenvalue weighted by Gasteiger charge is 2.20. The van der Waals surface area contributed by atoms with Gasteiger partial charge in [-0.25, -0.2) is 0 Å². The van der Waals surface area contributed by atoms with Gasteiger partial charge in [0, 0.05) is 30.8 Å². The molecule has 0 radical (unpaired) electrons. The minimum atomic E-state index is 0.294. The summed E-state index contributed by atoms with van der Waals surface area (Å²) in [6, 6.07) is 16.3. The second kappa shape index (κ2) is 8.26. The van der Waals surface area contributed by atoms with Gasteiger partial charge in [-0.3, -0.25) is 4.90 Å². The Morgan fingerprint density at radius 2 is 1.77 bits per heavy atom. The highest BCUT2D eigenvalue weighted by atomic mass is 16.5. The van der Waals surface area contributed by atoms with Crippen molar-refractivity contribution in [1.29, 1.82) is 0 Å². The molecule has 1 saturated heterocycles. The second-order valence-electron chi connectivity index (χ2n) is 7.95. The summed E-state index contributed by atoms with van der Waals surface area (Å²) in [4.78, 5) is 2.40. The second-order valence-corrected chi connectivity index (χ2v) is 7.95. The van der Waals surface area contributed by atoms with Crippen LogP contribution in [-0.4, -0.2) is 53.9 Å². The molecule has 0 spiro atoms. The minimum absolute atomic E-state index is 0.294. The van der Waals surface area contributed by atoms with E-state index in [0.29, 0.717) is 12.4 Å². The van der Waals surface area contributed by atoms with Gasteiger partial charge < -0.3 is 19.0 Å². The van der Waals surface area contributed by atoms with E-state index in [2.05, 4.69) is 40.5 Å². The fourth-order valence-corrected chi connectivity index (χ4v) is 4.65. The van der Waals surface area contributed by atoms with Crippen molar-refractivity contribution in [3.63, 3.8) is 0 Å². The van der Waals surface area contributed by atoms with E-state index in [1.165, 1.54) is 33.2 Å². The highest BCUT2D eigenvalue weighted by Crippen LogP contribution is 2.39. The first-order chi connectivity index (χ1) is 14.8. The zero-order valence-corrected chi connectivity index (χ0v) is 17.4. The molecule has 0 amide bonds. The number of ether oxygens (including phenoxy) is 2. The number of rotatable bonds is 7. The molecular formula is C25H28N2O3. The van der Waals surface area contributed by atoms with Crippen molar-refractivity contribution in [1.82, 2.24) is 9.30 Å². The molecule has 0 bridgehead atoms. The van der Waals surface area contributed by atoms with Crippen LogP contribution >= 0.6 is 0 Å². The molecule has 1 N–H and O–H groups in total. The molecule has 4 aromatic rings. The third kappa shape index (κ3) is 3.43. The standard InChI is InChI=1S/C25H28N2O3/c1-2-21-23-5-3-4-22-19(17-30-15-12-26-10-13-29-14-11-26)16-24(27(22)23)25(21)18-6-8-20(28)9-7-18/h3-9,16,28H,2,10-15,17H2,1H3. The van der Waals surface area contributed by atoms with Crippen molar-refractivity contribution in [2.75, 3.05) is 39.5 Å². The fourth-order valence-electron chi connectivity index (χ4n) is 4.65. The molecule has 0 saturated carbocycles. The van der Waals surface area contributed by atoms with Gasteiger partial charge in [0.05, 0.1) is 43.0 Å². The van der Waals surface area contributed by atoms with Crippen LogP contribution in [0.3, 0.4) is 0 Å². The number of aromatic hydroxyl groups is 1. The summed E-state index contributed by atoms with van der Waals surface area (Å²) in [7, 11) is 0. The Hall–Kier alpha value is -2.60. The van der Waals surface area contributed by atoms with Crippen LogP contribution in [0.25, 0.3) is 27.7 Å². The number of hydrogen-bond donors (Lipinski definition) is 1. The number of phenols is 1. The average Bonchev–Trinajstić information content (AvgIpc) is 3.31. The lowest BCUT2D eigenvalue weighted by molar-refractivity contribution is 0.0182. The Morgan fingerprint density at radius 1 is 1.00 bits per heavy atom. The van der Waals surface area contributed by atoms with Gasteiger partial charge in [-0.2, -0.15) is 0 Å². The van der Waals surface area contributed by atoms with E-state index in [4.69, 9.17) is 9.47 Å². The Morgan fingerprint density at radius 3 is 2.53 bits per heavy atom. The summed E-state index contributed by atoms with van der Waals surface area (Å²) in [5.41, 5.74) is 8.66. The fraction of sp³-hybridized carbons (Fsp3) is 0.360. The molecule has 4 heterocycles. The maximum absolute atomic E-state index is 9.72. The first-order valence-corrected chi connectivity index (χ1v) is 10.8. The van der Waals surface area contributed by atoms with E-state index in [0.717, 1.165) is 51.4 Å². The maximum Gasteiger partial charge on any atom is 0.115 e. The molecule has 5 rings (SSSR count). The molecule has 1 aliphatic heterocycles. The van der Waals surface area contributed by atoms with Crippen LogP contribution in [0, 0.1) is 0 Å². The van der Waals surface area contributed by atoms with Crippen molar-refractivity contribution in [3.8, 4) is 16.9 Å². The van der Waals surface area contributed by atoms with Crippen LogP contribution in [0.1, 0.15) is 18.1 Å². The zero-order chi connectivity index (χ0) is 20.5. The van der Waals surface area contributed by atoms with Gasteiger partial charge in [-0.1, -0.05) is 25.1 Å². The van der Waals surface area contributed by atoms with Gasteiger partial charge in [0.1, 0.15) is 5.75 Å². The normalized spacial score (nSPS) is 15.5. The summed E-state index contributed by atoms with van der Waals surface area (Å²) >= 11 is 0. The largest absolute Gasteiger partial charge is 0.508 e. The van der Waals surface area contributed by atoms with Gasteiger partial charge in [0.2, 0.25) is 0 Å². The van der Waals surface area contributed by atoms with Crippen LogP contribution < -0.4 is 0 Å². The molecule has 0 unspecified atom stereocenters. The SMILES string of the molecule is CCc1c(-c2ccc(O)cc2)c2cc(COCCN3CCOCC3)c3cccc1n32. The first-order valence-electron chi connectivity index (χ1n) is 10.8. The predicted octanol–water partition coefficient (Wildman–Crippen LogP) is 4.31. The number of nitrogens with zero attached hydrogens (tertiary/aromatic N) is 2. The van der Waals surface area contributed by atoms with Crippen LogP contribution in [0.4, 0.5) is 0 Å². The smallest absolute Gasteiger partial charge is 0.115 e. The quantitative estimate of drug-likeness (QED) is 0.466. The van der Waals surface area contributed by atoms with E-state index in [1.807, 2.05) is 12.1 Å². The average molecular weight is 405 g/mol. The number of morpholine rings is 1. The molecule has 30 heavy (non-hydrogen) atoms. The summed E-state index contributed by atoms with van der Waals surface area (Å²) in [5.74, 6) is 0.294. The molecule has 1 fully saturated rings. The summed E-state index contributed by atoms with van der Waals surface area (Å²) in [5, 5.41) is 9.72. The monoisotopic (exact) mass is 404 g/mol. The number of phenolic OH excluding ortho intramolecular Hbond substituents is 1. The molecule has 1 aromatic carbocycles. The minimum Gasteiger partial charge on any atom is -0.508 e. The lowest BCUT2D eigenvalue weighted by Crippen LogP contribution is -2.38. The summed E-state index contributed by atoms with van der Waals surface area (Å²) < 4.78 is 13.8. The topological polar surface area (TPSA) is 46.3 Å². The number of aromatic nitrogens is 1. The van der Waals surface area contributed by atoms with Crippen molar-refractivity contribution in [3.05, 3.63) is 59.7 Å². The van der Waals surface area contributed by atoms with Gasteiger partial charge in [0.25, 0.3) is 0 Å². The van der Waals surface area contributed by atoms with Crippen molar-refractivity contribution >= 4 is 16.6 Å². The molecule has 156 valence electrons. The van der Waals surface area contributed by atoms with Crippen molar-refractivity contribution < 1.29 is 14.6 Å². The van der Waals surface area contributed by atoms with Crippen molar-refractivity contribution in [2.45, 2.75) is 20.0 Å². The maximum atomic E-state index is 9.72. The Kier molecular flexibility index (Phi) is 5.34. The number of pyridine rings is 1. The predicted molar refractivity (Wildman–Crippen MR) is 119 cm³/mol. The number of aryl methyl sites for hydroxylation is 1. The summed E-state index contributed by atoms with van der Waals surface area (Å²) in [6.45, 7) is 8.13. The van der Waals surface area contributed by atoms with Gasteiger partial charge in [-0.15, -0.1) is 0 Å². The molecular weight excluding hydrogens is 376 g/mol. The van der Waals surface area contributed by atoms with Crippen LogP contribution in [-0.2, 0) is 22.5 Å². The van der Waals surface area contributed by atoms with Crippen LogP contribution in [0.5, 0.6) is 5.75 Å². The Balaban J connectivity index is 1.44. The highest BCUT2D eigenvalue weighted by molar-refractivity contribution is 5.96. The third-order valence-electron chi connectivity index (χ3n) is 6.16. The Labute approximate surface area is 176 Å². The molecule has 1 aliphatic rings. The molecule has 3 aromatic heterocycles. The zero-order valence-electron chi connectivity index (χ0n) is 17.4. The van der Waals surface area contributed by atoms with Gasteiger partial charge >= 0.3 is 0 Å². The lowest BCUT2D eigenvalue weighted by Gasteiger charge is -2.26. The van der Waals surface area contributed by atoms with E-state index in [9.17, 15) is 5.11 Å².